The second kappa shape index (κ2) is 6.32. The first kappa shape index (κ1) is 13.6. The van der Waals surface area contributed by atoms with Gasteiger partial charge >= 0.3 is 0 Å². The summed E-state index contributed by atoms with van der Waals surface area (Å²) in [6.45, 7) is -0.168. The van der Waals surface area contributed by atoms with Gasteiger partial charge in [0.15, 0.2) is 11.5 Å². The van der Waals surface area contributed by atoms with Crippen molar-refractivity contribution in [3.05, 3.63) is 17.2 Å². The molecular weight excluding hydrogens is 224 g/mol. The highest BCUT2D eigenvalue weighted by Crippen LogP contribution is 2.42. The number of hydrogen-bond donors (Lipinski definition) is 2. The summed E-state index contributed by atoms with van der Waals surface area (Å²) in [5, 5.41) is 18.3. The molecule has 1 aromatic carbocycles. The van der Waals surface area contributed by atoms with Crippen LogP contribution in [-0.4, -0.2) is 38.1 Å². The summed E-state index contributed by atoms with van der Waals surface area (Å²) in [7, 11) is 4.53. The molecule has 0 fully saturated rings. The van der Waals surface area contributed by atoms with Gasteiger partial charge in [-0.2, -0.15) is 0 Å². The van der Waals surface area contributed by atoms with E-state index in [0.717, 1.165) is 5.56 Å². The summed E-state index contributed by atoms with van der Waals surface area (Å²) in [6.07, 6.45) is 0.427. The zero-order chi connectivity index (χ0) is 12.8. The monoisotopic (exact) mass is 242 g/mol. The molecule has 0 amide bonds. The zero-order valence-corrected chi connectivity index (χ0v) is 10.3. The summed E-state index contributed by atoms with van der Waals surface area (Å²) >= 11 is 0. The minimum Gasteiger partial charge on any atom is -0.492 e. The molecule has 0 aliphatic carbocycles. The lowest BCUT2D eigenvalue weighted by molar-refractivity contribution is 0.265. The highest BCUT2D eigenvalue weighted by Gasteiger charge is 2.19. The number of aliphatic hydroxyl groups is 2. The van der Waals surface area contributed by atoms with Gasteiger partial charge < -0.3 is 24.4 Å². The lowest BCUT2D eigenvalue weighted by Gasteiger charge is -2.18. The molecule has 17 heavy (non-hydrogen) atoms. The average Bonchev–Trinajstić information content (AvgIpc) is 2.37. The van der Waals surface area contributed by atoms with Gasteiger partial charge in [-0.15, -0.1) is 0 Å². The van der Waals surface area contributed by atoms with Crippen molar-refractivity contribution >= 4 is 0 Å². The summed E-state index contributed by atoms with van der Waals surface area (Å²) in [6, 6.07) is 1.75. The van der Waals surface area contributed by atoms with Crippen molar-refractivity contribution in [3.63, 3.8) is 0 Å². The van der Waals surface area contributed by atoms with E-state index in [0.29, 0.717) is 29.2 Å². The second-order valence-corrected chi connectivity index (χ2v) is 3.43. The molecule has 0 heterocycles. The number of ether oxygens (including phenoxy) is 3. The van der Waals surface area contributed by atoms with Gasteiger partial charge in [0.05, 0.1) is 27.9 Å². The highest BCUT2D eigenvalue weighted by molar-refractivity contribution is 5.59. The van der Waals surface area contributed by atoms with Crippen LogP contribution < -0.4 is 14.2 Å². The van der Waals surface area contributed by atoms with Gasteiger partial charge in [0, 0.05) is 17.7 Å². The van der Waals surface area contributed by atoms with Gasteiger partial charge in [-0.3, -0.25) is 0 Å². The molecule has 0 aromatic heterocycles. The molecule has 96 valence electrons. The Hall–Kier alpha value is -1.46. The fourth-order valence-corrected chi connectivity index (χ4v) is 1.79. The lowest BCUT2D eigenvalue weighted by atomic mass is 10.0. The van der Waals surface area contributed by atoms with Gasteiger partial charge in [0.2, 0.25) is 5.75 Å². The first-order valence-electron chi connectivity index (χ1n) is 5.25. The van der Waals surface area contributed by atoms with Crippen LogP contribution in [0.3, 0.4) is 0 Å². The molecule has 0 atom stereocenters. The van der Waals surface area contributed by atoms with Crippen molar-refractivity contribution in [2.24, 2.45) is 0 Å². The Balaban J connectivity index is 3.42. The fourth-order valence-electron chi connectivity index (χ4n) is 1.79. The molecule has 5 nitrogen and oxygen atoms in total. The van der Waals surface area contributed by atoms with Crippen LogP contribution in [0.15, 0.2) is 6.07 Å². The summed E-state index contributed by atoms with van der Waals surface area (Å²) in [4.78, 5) is 0. The average molecular weight is 242 g/mol. The van der Waals surface area contributed by atoms with E-state index in [4.69, 9.17) is 19.3 Å². The predicted octanol–water partition coefficient (Wildman–Crippen LogP) is 0.739. The molecule has 0 spiro atoms. The number of hydrogen-bond acceptors (Lipinski definition) is 5. The third kappa shape index (κ3) is 2.62. The van der Waals surface area contributed by atoms with E-state index in [-0.39, 0.29) is 13.2 Å². The van der Waals surface area contributed by atoms with Gasteiger partial charge in [-0.05, 0) is 12.5 Å². The Morgan fingerprint density at radius 3 is 1.82 bits per heavy atom. The smallest absolute Gasteiger partial charge is 0.203 e. The van der Waals surface area contributed by atoms with Crippen LogP contribution in [0, 0.1) is 0 Å². The third-order valence-electron chi connectivity index (χ3n) is 2.51. The summed E-state index contributed by atoms with van der Waals surface area (Å²) in [5.74, 6) is 1.41. The van der Waals surface area contributed by atoms with E-state index >= 15 is 0 Å². The van der Waals surface area contributed by atoms with E-state index < -0.39 is 0 Å². The van der Waals surface area contributed by atoms with Crippen molar-refractivity contribution in [2.45, 2.75) is 13.0 Å². The van der Waals surface area contributed by atoms with Crippen molar-refractivity contribution in [3.8, 4) is 17.2 Å². The van der Waals surface area contributed by atoms with E-state index in [9.17, 15) is 5.11 Å². The van der Waals surface area contributed by atoms with E-state index in [2.05, 4.69) is 0 Å². The molecule has 0 unspecified atom stereocenters. The largest absolute Gasteiger partial charge is 0.492 e. The zero-order valence-electron chi connectivity index (χ0n) is 10.3. The van der Waals surface area contributed by atoms with E-state index in [1.54, 1.807) is 6.07 Å². The Bertz CT molecular complexity index is 376. The Morgan fingerprint density at radius 2 is 1.41 bits per heavy atom. The van der Waals surface area contributed by atoms with Crippen molar-refractivity contribution in [2.75, 3.05) is 27.9 Å². The molecule has 2 N–H and O–H groups in total. The normalized spacial score (nSPS) is 10.2. The molecular formula is C12H18O5. The molecule has 0 aliphatic heterocycles. The molecule has 0 radical (unpaired) electrons. The Morgan fingerprint density at radius 1 is 0.882 bits per heavy atom. The molecule has 0 aliphatic rings. The van der Waals surface area contributed by atoms with Crippen molar-refractivity contribution in [1.29, 1.82) is 0 Å². The predicted molar refractivity (Wildman–Crippen MR) is 62.8 cm³/mol. The standard InChI is InChI=1S/C12H18O5/c1-15-10-8(4-5-13)6-9(7-14)11(16-2)12(10)17-3/h6,13-14H,4-5,7H2,1-3H3. The van der Waals surface area contributed by atoms with E-state index in [1.165, 1.54) is 21.3 Å². The van der Waals surface area contributed by atoms with Gasteiger partial charge in [0.25, 0.3) is 0 Å². The minimum absolute atomic E-state index is 0.00326. The van der Waals surface area contributed by atoms with E-state index in [1.807, 2.05) is 0 Å². The number of methoxy groups -OCH3 is 3. The van der Waals surface area contributed by atoms with Crippen molar-refractivity contribution < 1.29 is 24.4 Å². The first-order valence-corrected chi connectivity index (χ1v) is 5.25. The summed E-state index contributed by atoms with van der Waals surface area (Å²) < 4.78 is 15.7. The molecule has 5 heteroatoms. The first-order chi connectivity index (χ1) is 8.23. The minimum atomic E-state index is -0.165. The van der Waals surface area contributed by atoms with Crippen LogP contribution in [-0.2, 0) is 13.0 Å². The van der Waals surface area contributed by atoms with Gasteiger partial charge in [-0.25, -0.2) is 0 Å². The topological polar surface area (TPSA) is 68.2 Å². The Labute approximate surface area is 101 Å². The van der Waals surface area contributed by atoms with Gasteiger partial charge in [0.1, 0.15) is 0 Å². The number of benzene rings is 1. The van der Waals surface area contributed by atoms with Crippen LogP contribution in [0.4, 0.5) is 0 Å². The van der Waals surface area contributed by atoms with Gasteiger partial charge in [-0.1, -0.05) is 0 Å². The van der Waals surface area contributed by atoms with Crippen LogP contribution in [0.1, 0.15) is 11.1 Å². The van der Waals surface area contributed by atoms with Crippen LogP contribution in [0.2, 0.25) is 0 Å². The maximum atomic E-state index is 9.29. The molecule has 0 bridgehead atoms. The molecule has 0 saturated carbocycles. The maximum Gasteiger partial charge on any atom is 0.203 e. The quantitative estimate of drug-likeness (QED) is 0.770. The highest BCUT2D eigenvalue weighted by atomic mass is 16.5. The Kier molecular flexibility index (Phi) is 5.06. The maximum absolute atomic E-state index is 9.29. The SMILES string of the molecule is COc1c(CO)cc(CCO)c(OC)c1OC. The molecule has 1 rings (SSSR count). The molecule has 1 aromatic rings. The second-order valence-electron chi connectivity index (χ2n) is 3.43. The van der Waals surface area contributed by atoms with Crippen LogP contribution in [0.25, 0.3) is 0 Å². The van der Waals surface area contributed by atoms with Crippen LogP contribution in [0.5, 0.6) is 17.2 Å². The fraction of sp³-hybridized carbons (Fsp3) is 0.500. The number of aliphatic hydroxyl groups excluding tert-OH is 2. The van der Waals surface area contributed by atoms with Crippen molar-refractivity contribution in [1.82, 2.24) is 0 Å². The lowest BCUT2D eigenvalue weighted by Crippen LogP contribution is -2.04. The summed E-state index contributed by atoms with van der Waals surface area (Å²) in [5.41, 5.74) is 1.38. The number of rotatable bonds is 6. The molecule has 0 saturated heterocycles. The third-order valence-corrected chi connectivity index (χ3v) is 2.51. The van der Waals surface area contributed by atoms with Crippen LogP contribution >= 0.6 is 0 Å².